The molecule has 0 aromatic heterocycles. The molecule has 0 bridgehead atoms. The van der Waals surface area contributed by atoms with Gasteiger partial charge in [0.15, 0.2) is 0 Å². The minimum atomic E-state index is 0. The number of aliphatic hydroxyl groups is 1. The van der Waals surface area contributed by atoms with Gasteiger partial charge in [0.05, 0.1) is 0 Å². The second-order valence-electron chi connectivity index (χ2n) is 5.57. The van der Waals surface area contributed by atoms with Crippen molar-refractivity contribution >= 4 is 6.88 Å². The van der Waals surface area contributed by atoms with Gasteiger partial charge in [-0.15, -0.1) is 0 Å². The van der Waals surface area contributed by atoms with E-state index in [4.69, 9.17) is 5.11 Å². The number of aliphatic hydroxyl groups excluding tert-OH is 1. The van der Waals surface area contributed by atoms with E-state index in [2.05, 4.69) is 43.3 Å². The molecule has 2 aliphatic carbocycles. The first kappa shape index (κ1) is 26.0. The van der Waals surface area contributed by atoms with Crippen molar-refractivity contribution in [1.82, 2.24) is 0 Å². The maximum absolute atomic E-state index is 7.00. The molecule has 0 aliphatic heterocycles. The maximum Gasteiger partial charge on any atom is -0.0512 e. The van der Waals surface area contributed by atoms with E-state index in [1.54, 1.807) is 22.3 Å². The summed E-state index contributed by atoms with van der Waals surface area (Å²) in [5, 5.41) is 7.00. The average Bonchev–Trinajstić information content (AvgIpc) is 3.28. The van der Waals surface area contributed by atoms with Gasteiger partial charge in [0, 0.05) is 7.11 Å². The van der Waals surface area contributed by atoms with Crippen molar-refractivity contribution in [3.8, 4) is 0 Å². The van der Waals surface area contributed by atoms with E-state index in [9.17, 15) is 0 Å². The first-order valence-corrected chi connectivity index (χ1v) is 12.3. The molecule has 0 heterocycles. The van der Waals surface area contributed by atoms with Crippen LogP contribution >= 0.6 is 0 Å². The van der Waals surface area contributed by atoms with Crippen LogP contribution in [-0.4, -0.2) is 19.1 Å². The van der Waals surface area contributed by atoms with Crippen LogP contribution in [0.5, 0.6) is 0 Å². The van der Waals surface area contributed by atoms with Crippen LogP contribution in [0.2, 0.25) is 0 Å². The van der Waals surface area contributed by atoms with Crippen molar-refractivity contribution in [3.63, 3.8) is 0 Å². The second-order valence-corrected chi connectivity index (χ2v) is 5.57. The first-order valence-electron chi connectivity index (χ1n) is 8.10. The Bertz CT molecular complexity index is 428. The van der Waals surface area contributed by atoms with Gasteiger partial charge in [-0.2, -0.15) is 46.5 Å². The molecule has 0 saturated carbocycles. The third-order valence-corrected chi connectivity index (χ3v) is 4.30. The number of hydrogen-bond acceptors (Lipinski definition) is 1. The van der Waals surface area contributed by atoms with Crippen molar-refractivity contribution in [2.45, 2.75) is 51.4 Å². The smallest absolute Gasteiger partial charge is 0.0512 e. The Hall–Kier alpha value is -0.240. The van der Waals surface area contributed by atoms with Gasteiger partial charge >= 0.3 is 30.2 Å². The van der Waals surface area contributed by atoms with Crippen LogP contribution < -0.4 is 0 Å². The van der Waals surface area contributed by atoms with Crippen LogP contribution in [0.3, 0.4) is 0 Å². The molecule has 0 fully saturated rings. The van der Waals surface area contributed by atoms with Gasteiger partial charge in [0.25, 0.3) is 0 Å². The number of hydrogen-bond donors (Lipinski definition) is 1. The van der Waals surface area contributed by atoms with Crippen LogP contribution in [0.15, 0.2) is 36.4 Å². The molecule has 0 saturated heterocycles. The summed E-state index contributed by atoms with van der Waals surface area (Å²) in [5.74, 6) is 0. The van der Waals surface area contributed by atoms with Crippen LogP contribution in [0.25, 0.3) is 0 Å². The first-order chi connectivity index (χ1) is 10.9. The molecule has 2 aromatic carbocycles. The summed E-state index contributed by atoms with van der Waals surface area (Å²) in [4.78, 5) is 0. The van der Waals surface area contributed by atoms with Gasteiger partial charge in [-0.3, -0.25) is 0 Å². The molecule has 24 heavy (non-hydrogen) atoms. The summed E-state index contributed by atoms with van der Waals surface area (Å²) in [6, 6.07) is 13.4. The molecule has 134 valence electrons. The van der Waals surface area contributed by atoms with Crippen molar-refractivity contribution in [2.24, 2.45) is 0 Å². The minimum absolute atomic E-state index is 0. The largest absolute Gasteiger partial charge is 0.210 e. The second kappa shape index (κ2) is 16.2. The average molecular weight is 420 g/mol. The normalized spacial score (nSPS) is 13.4. The monoisotopic (exact) mass is 418 g/mol. The predicted octanol–water partition coefficient (Wildman–Crippen LogP) is 4.69. The molecule has 1 N–H and O–H groups in total. The van der Waals surface area contributed by atoms with E-state index >= 15 is 0 Å². The zero-order valence-corrected chi connectivity index (χ0v) is 19.0. The Balaban J connectivity index is 0. The number of aryl methyl sites for hydroxylation is 4. The van der Waals surface area contributed by atoms with Crippen molar-refractivity contribution < 1.29 is 28.4 Å². The molecule has 0 atom stereocenters. The molecular weight excluding hydrogens is 388 g/mol. The zero-order valence-electron chi connectivity index (χ0n) is 15.6. The van der Waals surface area contributed by atoms with Gasteiger partial charge in [-0.25, -0.2) is 12.1 Å². The Morgan fingerprint density at radius 2 is 1.08 bits per heavy atom. The van der Waals surface area contributed by atoms with E-state index in [0.29, 0.717) is 0 Å². The Morgan fingerprint density at radius 1 is 0.750 bits per heavy atom. The minimum Gasteiger partial charge on any atom is -0.210 e. The van der Waals surface area contributed by atoms with Gasteiger partial charge in [-0.1, -0.05) is 51.4 Å². The van der Waals surface area contributed by atoms with E-state index in [-0.39, 0.29) is 14.9 Å². The molecular formula is C21H32OSiZr-4. The Labute approximate surface area is 166 Å². The van der Waals surface area contributed by atoms with Gasteiger partial charge in [0.1, 0.15) is 0 Å². The third kappa shape index (κ3) is 8.23. The van der Waals surface area contributed by atoms with Crippen LogP contribution in [0.1, 0.15) is 47.9 Å². The number of rotatable bonds is 0. The van der Waals surface area contributed by atoms with E-state index in [1.165, 1.54) is 74.7 Å². The van der Waals surface area contributed by atoms with E-state index < -0.39 is 0 Å². The van der Waals surface area contributed by atoms with Crippen LogP contribution in [-0.2, 0) is 49.0 Å². The molecule has 1 nitrogen and oxygen atoms in total. The summed E-state index contributed by atoms with van der Waals surface area (Å²) < 4.78 is 0. The molecule has 2 aromatic rings. The summed E-state index contributed by atoms with van der Waals surface area (Å²) in [7, 11) is 1.00. The summed E-state index contributed by atoms with van der Waals surface area (Å²) in [6.45, 7) is 3.06. The molecule has 0 amide bonds. The summed E-state index contributed by atoms with van der Waals surface area (Å²) in [6.07, 6.45) is 10.9. The fourth-order valence-corrected chi connectivity index (χ4v) is 3.23. The maximum atomic E-state index is 7.00. The zero-order chi connectivity index (χ0) is 16.2. The summed E-state index contributed by atoms with van der Waals surface area (Å²) >= 11 is 1.36. The van der Waals surface area contributed by atoms with Crippen LogP contribution in [0.4, 0.5) is 0 Å². The molecule has 2 aliphatic rings. The van der Waals surface area contributed by atoms with Crippen molar-refractivity contribution in [2.75, 3.05) is 7.11 Å². The topological polar surface area (TPSA) is 20.2 Å². The predicted molar refractivity (Wildman–Crippen MR) is 104 cm³/mol. The Morgan fingerprint density at radius 3 is 1.42 bits per heavy atom. The fraction of sp³-hybridized carbons (Fsp3) is 0.429. The van der Waals surface area contributed by atoms with Gasteiger partial charge in [0.2, 0.25) is 0 Å². The molecule has 0 spiro atoms. The SMILES string of the molecule is CO.[CH3-].[CH3-].[Si]=[Zr].c1cc2c([cH-]1)CCCC2.c1cc2c([cH-]1)CCCC2. The van der Waals surface area contributed by atoms with E-state index in [1.807, 2.05) is 0 Å². The van der Waals surface area contributed by atoms with Gasteiger partial charge < -0.3 is 20.0 Å². The third-order valence-electron chi connectivity index (χ3n) is 4.30. The standard InChI is InChI=1S/2C9H11.CH4O.2CH3.Si.Zr/c2*1-2-5-9-7-3-6-8(9)4-1;1-2;;;;/h2*3,6-7H,1-2,4-5H2;2H,1H3;2*1H3;;/q2*-1;;2*-1;;. The quantitative estimate of drug-likeness (QED) is 0.485. The molecule has 3 heteroatoms. The van der Waals surface area contributed by atoms with E-state index in [0.717, 1.165) is 7.11 Å². The van der Waals surface area contributed by atoms with Gasteiger partial charge in [-0.05, 0) is 0 Å². The number of fused-ring (bicyclic) bond motifs is 2. The molecule has 2 radical (unpaired) electrons. The summed E-state index contributed by atoms with van der Waals surface area (Å²) in [5.41, 5.74) is 6.39. The van der Waals surface area contributed by atoms with Crippen molar-refractivity contribution in [1.29, 1.82) is 0 Å². The molecule has 0 unspecified atom stereocenters. The fourth-order valence-electron chi connectivity index (χ4n) is 3.23. The van der Waals surface area contributed by atoms with Crippen molar-refractivity contribution in [3.05, 3.63) is 73.5 Å². The Kier molecular flexibility index (Phi) is 17.6. The molecule has 4 rings (SSSR count). The van der Waals surface area contributed by atoms with Crippen LogP contribution in [0, 0.1) is 14.9 Å².